The summed E-state index contributed by atoms with van der Waals surface area (Å²) in [6, 6.07) is 15.3. The van der Waals surface area contributed by atoms with Gasteiger partial charge in [-0.3, -0.25) is 9.35 Å². The first-order valence-electron chi connectivity index (χ1n) is 13.1. The molecular formula is C28H42O5S. The third-order valence-electron chi connectivity index (χ3n) is 6.68. The van der Waals surface area contributed by atoms with Gasteiger partial charge in [0, 0.05) is 0 Å². The van der Waals surface area contributed by atoms with Gasteiger partial charge in [-0.05, 0) is 35.6 Å². The molecule has 0 amide bonds. The maximum atomic E-state index is 11.0. The van der Waals surface area contributed by atoms with E-state index in [1.165, 1.54) is 87.0 Å². The van der Waals surface area contributed by atoms with E-state index in [0.717, 1.165) is 19.3 Å². The number of carbonyl (C=O) groups is 1. The summed E-state index contributed by atoms with van der Waals surface area (Å²) in [5, 5.41) is 9.91. The first kappa shape index (κ1) is 28.3. The predicted octanol–water partition coefficient (Wildman–Crippen LogP) is 7.57. The van der Waals surface area contributed by atoms with E-state index >= 15 is 0 Å². The number of rotatable bonds is 19. The highest BCUT2D eigenvalue weighted by Gasteiger charge is 2.29. The largest absolute Gasteiger partial charge is 0.480 e. The van der Waals surface area contributed by atoms with E-state index in [2.05, 4.69) is 42.5 Å². The van der Waals surface area contributed by atoms with E-state index in [9.17, 15) is 13.2 Å². The number of benzene rings is 2. The maximum Gasteiger partial charge on any atom is 0.324 e. The number of aryl methyl sites for hydroxylation is 1. The van der Waals surface area contributed by atoms with Crippen LogP contribution in [0.15, 0.2) is 42.5 Å². The second-order valence-electron chi connectivity index (χ2n) is 9.47. The SMILES string of the molecule is O=C(O)C(CCCCCCCCCCCCCCCCc1cccc2ccccc12)S(=O)(=O)O. The van der Waals surface area contributed by atoms with Crippen LogP contribution in [0.4, 0.5) is 0 Å². The molecule has 0 saturated carbocycles. The molecule has 190 valence electrons. The lowest BCUT2D eigenvalue weighted by molar-refractivity contribution is -0.136. The molecule has 0 spiro atoms. The Morgan fingerprint density at radius 2 is 1.15 bits per heavy atom. The van der Waals surface area contributed by atoms with Crippen molar-refractivity contribution in [1.82, 2.24) is 0 Å². The van der Waals surface area contributed by atoms with Crippen molar-refractivity contribution in [3.8, 4) is 0 Å². The van der Waals surface area contributed by atoms with E-state index in [1.807, 2.05) is 0 Å². The fraction of sp³-hybridized carbons (Fsp3) is 0.607. The van der Waals surface area contributed by atoms with Gasteiger partial charge in [0.15, 0.2) is 5.25 Å². The fourth-order valence-corrected chi connectivity index (χ4v) is 5.40. The topological polar surface area (TPSA) is 91.7 Å². The van der Waals surface area contributed by atoms with Crippen molar-refractivity contribution in [2.45, 2.75) is 108 Å². The molecule has 2 aromatic carbocycles. The van der Waals surface area contributed by atoms with Crippen LogP contribution in [0.3, 0.4) is 0 Å². The second-order valence-corrected chi connectivity index (χ2v) is 11.1. The minimum atomic E-state index is -4.50. The molecule has 0 fully saturated rings. The van der Waals surface area contributed by atoms with Crippen LogP contribution >= 0.6 is 0 Å². The monoisotopic (exact) mass is 490 g/mol. The zero-order valence-electron chi connectivity index (χ0n) is 20.5. The lowest BCUT2D eigenvalue weighted by Gasteiger charge is -2.08. The number of hydrogen-bond donors (Lipinski definition) is 2. The molecule has 0 aliphatic carbocycles. The van der Waals surface area contributed by atoms with Crippen LogP contribution in [-0.4, -0.2) is 29.3 Å². The average molecular weight is 491 g/mol. The summed E-state index contributed by atoms with van der Waals surface area (Å²) < 4.78 is 31.0. The maximum absolute atomic E-state index is 11.0. The van der Waals surface area contributed by atoms with E-state index in [1.54, 1.807) is 0 Å². The lowest BCUT2D eigenvalue weighted by atomic mass is 9.99. The minimum Gasteiger partial charge on any atom is -0.480 e. The van der Waals surface area contributed by atoms with Gasteiger partial charge in [0.2, 0.25) is 0 Å². The van der Waals surface area contributed by atoms with E-state index < -0.39 is 21.3 Å². The molecule has 0 aliphatic rings. The molecule has 0 heterocycles. The van der Waals surface area contributed by atoms with Crippen LogP contribution in [-0.2, 0) is 21.3 Å². The second kappa shape index (κ2) is 15.9. The van der Waals surface area contributed by atoms with Gasteiger partial charge in [0.05, 0.1) is 0 Å². The fourth-order valence-electron chi connectivity index (χ4n) is 4.68. The van der Waals surface area contributed by atoms with Gasteiger partial charge in [-0.25, -0.2) is 0 Å². The summed E-state index contributed by atoms with van der Waals surface area (Å²) in [4.78, 5) is 10.9. The Hall–Kier alpha value is -1.92. The highest BCUT2D eigenvalue weighted by atomic mass is 32.2. The van der Waals surface area contributed by atoms with Gasteiger partial charge in [-0.1, -0.05) is 126 Å². The first-order valence-corrected chi connectivity index (χ1v) is 14.6. The Kier molecular flexibility index (Phi) is 13.2. The normalized spacial score (nSPS) is 12.7. The molecule has 2 N–H and O–H groups in total. The molecule has 2 aromatic rings. The smallest absolute Gasteiger partial charge is 0.324 e. The summed E-state index contributed by atoms with van der Waals surface area (Å²) in [5.41, 5.74) is 1.47. The molecule has 0 bridgehead atoms. The molecule has 34 heavy (non-hydrogen) atoms. The highest BCUT2D eigenvalue weighted by molar-refractivity contribution is 7.87. The number of fused-ring (bicyclic) bond motifs is 1. The third-order valence-corrected chi connectivity index (χ3v) is 7.83. The number of carboxylic acid groups (broad SMARTS) is 1. The highest BCUT2D eigenvalue weighted by Crippen LogP contribution is 2.21. The van der Waals surface area contributed by atoms with Crippen molar-refractivity contribution in [3.05, 3.63) is 48.0 Å². The zero-order valence-corrected chi connectivity index (χ0v) is 21.3. The standard InChI is InChI=1S/C28H42O5S/c29-28(30)27(34(31,32)33)23-14-12-10-8-6-4-2-1-3-5-7-9-11-13-18-24-20-17-21-25-19-15-16-22-26(24)25/h15-17,19-22,27H,1-14,18,23H2,(H,29,30)(H,31,32,33). The number of aliphatic carboxylic acids is 1. The zero-order chi connectivity index (χ0) is 24.7. The Morgan fingerprint density at radius 1 is 0.676 bits per heavy atom. The van der Waals surface area contributed by atoms with Crippen LogP contribution in [0, 0.1) is 0 Å². The van der Waals surface area contributed by atoms with Crippen molar-refractivity contribution >= 4 is 26.9 Å². The van der Waals surface area contributed by atoms with Gasteiger partial charge >= 0.3 is 5.97 Å². The molecule has 5 nitrogen and oxygen atoms in total. The van der Waals surface area contributed by atoms with Gasteiger partial charge in [0.1, 0.15) is 0 Å². The predicted molar refractivity (Wildman–Crippen MR) is 140 cm³/mol. The Morgan fingerprint density at radius 3 is 1.68 bits per heavy atom. The summed E-state index contributed by atoms with van der Waals surface area (Å²) in [6.07, 6.45) is 17.4. The van der Waals surface area contributed by atoms with E-state index in [0.29, 0.717) is 6.42 Å². The lowest BCUT2D eigenvalue weighted by Crippen LogP contribution is -2.29. The molecule has 6 heteroatoms. The van der Waals surface area contributed by atoms with Crippen LogP contribution < -0.4 is 0 Å². The average Bonchev–Trinajstić information content (AvgIpc) is 2.80. The van der Waals surface area contributed by atoms with Gasteiger partial charge in [-0.15, -0.1) is 0 Å². The van der Waals surface area contributed by atoms with E-state index in [4.69, 9.17) is 9.66 Å². The van der Waals surface area contributed by atoms with E-state index in [-0.39, 0.29) is 6.42 Å². The van der Waals surface area contributed by atoms with Gasteiger partial charge in [-0.2, -0.15) is 8.42 Å². The number of unbranched alkanes of at least 4 members (excludes halogenated alkanes) is 13. The molecule has 0 aliphatic heterocycles. The Labute approximate surface area is 205 Å². The third kappa shape index (κ3) is 11.0. The molecule has 0 radical (unpaired) electrons. The Bertz CT molecular complexity index is 949. The molecule has 0 saturated heterocycles. The summed E-state index contributed by atoms with van der Waals surface area (Å²) in [6.45, 7) is 0. The quantitative estimate of drug-likeness (QED) is 0.156. The van der Waals surface area contributed by atoms with Crippen molar-refractivity contribution in [2.24, 2.45) is 0 Å². The summed E-state index contributed by atoms with van der Waals surface area (Å²) >= 11 is 0. The van der Waals surface area contributed by atoms with Crippen molar-refractivity contribution in [3.63, 3.8) is 0 Å². The number of hydrogen-bond acceptors (Lipinski definition) is 3. The summed E-state index contributed by atoms with van der Waals surface area (Å²) in [5.74, 6) is -1.47. The van der Waals surface area contributed by atoms with Crippen LogP contribution in [0.1, 0.15) is 102 Å². The summed E-state index contributed by atoms with van der Waals surface area (Å²) in [7, 11) is -4.50. The van der Waals surface area contributed by atoms with Gasteiger partial charge in [0.25, 0.3) is 10.1 Å². The van der Waals surface area contributed by atoms with Crippen LogP contribution in [0.5, 0.6) is 0 Å². The first-order chi connectivity index (χ1) is 16.4. The molecule has 0 aromatic heterocycles. The molecule has 2 rings (SSSR count). The van der Waals surface area contributed by atoms with Crippen LogP contribution in [0.2, 0.25) is 0 Å². The van der Waals surface area contributed by atoms with Crippen molar-refractivity contribution in [1.29, 1.82) is 0 Å². The molecule has 1 atom stereocenters. The van der Waals surface area contributed by atoms with Crippen molar-refractivity contribution < 1.29 is 22.9 Å². The van der Waals surface area contributed by atoms with Gasteiger partial charge < -0.3 is 5.11 Å². The van der Waals surface area contributed by atoms with Crippen LogP contribution in [0.25, 0.3) is 10.8 Å². The minimum absolute atomic E-state index is 0.0165. The Balaban J connectivity index is 1.37. The number of carboxylic acids is 1. The molecule has 1 unspecified atom stereocenters. The molecular weight excluding hydrogens is 448 g/mol. The van der Waals surface area contributed by atoms with Crippen molar-refractivity contribution in [2.75, 3.05) is 0 Å².